The molecule has 0 atom stereocenters. The van der Waals surface area contributed by atoms with Crippen LogP contribution in [0.15, 0.2) is 174 Å². The van der Waals surface area contributed by atoms with Crippen LogP contribution >= 0.6 is 0 Å². The monoisotopic (exact) mass is 612 g/mol. The summed E-state index contributed by atoms with van der Waals surface area (Å²) in [6.45, 7) is 0. The zero-order chi connectivity index (χ0) is 31.6. The Morgan fingerprint density at radius 3 is 1.90 bits per heavy atom. The van der Waals surface area contributed by atoms with Crippen LogP contribution < -0.4 is 0 Å². The highest BCUT2D eigenvalue weighted by Gasteiger charge is 2.21. The van der Waals surface area contributed by atoms with E-state index in [1.165, 1.54) is 16.7 Å². The van der Waals surface area contributed by atoms with E-state index >= 15 is 0 Å². The first-order valence-electron chi connectivity index (χ1n) is 16.3. The highest BCUT2D eigenvalue weighted by Crippen LogP contribution is 2.44. The van der Waals surface area contributed by atoms with Gasteiger partial charge < -0.3 is 8.98 Å². The van der Waals surface area contributed by atoms with E-state index in [1.54, 1.807) is 0 Å². The molecule has 10 rings (SSSR count). The zero-order valence-corrected chi connectivity index (χ0v) is 26.0. The van der Waals surface area contributed by atoms with Gasteiger partial charge in [-0.3, -0.25) is 0 Å². The first-order chi connectivity index (χ1) is 23.8. The second-order valence-corrected chi connectivity index (χ2v) is 12.3. The van der Waals surface area contributed by atoms with Crippen molar-refractivity contribution in [2.45, 2.75) is 0 Å². The summed E-state index contributed by atoms with van der Waals surface area (Å²) >= 11 is 0. The van der Waals surface area contributed by atoms with Gasteiger partial charge in [0.25, 0.3) is 0 Å². The quantitative estimate of drug-likeness (QED) is 0.198. The van der Waals surface area contributed by atoms with Gasteiger partial charge in [-0.1, -0.05) is 121 Å². The summed E-state index contributed by atoms with van der Waals surface area (Å²) in [5.41, 5.74) is 12.7. The number of pyridine rings is 1. The summed E-state index contributed by atoms with van der Waals surface area (Å²) in [6, 6.07) is 60.0. The third-order valence-corrected chi connectivity index (χ3v) is 9.59. The number of para-hydroxylation sites is 3. The fourth-order valence-corrected chi connectivity index (χ4v) is 7.39. The molecule has 3 nitrogen and oxygen atoms in total. The standard InChI is InChI=1S/C45H28N2O/c1-4-13-29(14-5-1)31-23-24-37-42(27-31)47(32-17-8-3-9-18-32)41-26-25-35-34-20-12-21-36(44(34)48-45(35)43(37)41)40-28-38(30-15-6-2-7-16-30)33-19-10-11-22-39(33)46-40/h1-28H. The zero-order valence-electron chi connectivity index (χ0n) is 26.0. The van der Waals surface area contributed by atoms with Crippen LogP contribution in [0.5, 0.6) is 0 Å². The molecule has 0 fully saturated rings. The number of nitrogens with zero attached hydrogens (tertiary/aromatic N) is 2. The minimum absolute atomic E-state index is 0.850. The molecule has 0 unspecified atom stereocenters. The van der Waals surface area contributed by atoms with E-state index in [1.807, 2.05) is 0 Å². The SMILES string of the molecule is c1ccc(-c2ccc3c4c5oc6c(-c7cc(-c8ccccc8)c8ccccc8n7)cccc6c5ccc4n(-c4ccccc4)c3c2)cc1. The molecule has 0 amide bonds. The first-order valence-corrected chi connectivity index (χ1v) is 16.3. The second kappa shape index (κ2) is 10.5. The number of furan rings is 1. The Morgan fingerprint density at radius 1 is 0.417 bits per heavy atom. The molecule has 0 spiro atoms. The van der Waals surface area contributed by atoms with Crippen molar-refractivity contribution in [2.75, 3.05) is 0 Å². The highest BCUT2D eigenvalue weighted by molar-refractivity contribution is 6.25. The lowest BCUT2D eigenvalue weighted by Gasteiger charge is -2.10. The van der Waals surface area contributed by atoms with Gasteiger partial charge >= 0.3 is 0 Å². The number of aromatic nitrogens is 2. The largest absolute Gasteiger partial charge is 0.455 e. The van der Waals surface area contributed by atoms with Crippen molar-refractivity contribution in [3.63, 3.8) is 0 Å². The van der Waals surface area contributed by atoms with E-state index in [9.17, 15) is 0 Å². The maximum atomic E-state index is 7.03. The molecule has 0 saturated carbocycles. The molecule has 3 heterocycles. The van der Waals surface area contributed by atoms with Crippen LogP contribution in [0.1, 0.15) is 0 Å². The third-order valence-electron chi connectivity index (χ3n) is 9.59. The van der Waals surface area contributed by atoms with Gasteiger partial charge in [0.2, 0.25) is 0 Å². The summed E-state index contributed by atoms with van der Waals surface area (Å²) < 4.78 is 9.39. The molecule has 0 aliphatic rings. The van der Waals surface area contributed by atoms with Crippen molar-refractivity contribution >= 4 is 54.6 Å². The molecule has 0 radical (unpaired) electrons. The molecule has 0 N–H and O–H groups in total. The normalized spacial score (nSPS) is 11.8. The maximum Gasteiger partial charge on any atom is 0.145 e. The molecule has 7 aromatic carbocycles. The van der Waals surface area contributed by atoms with Crippen LogP contribution in [0.2, 0.25) is 0 Å². The molecule has 224 valence electrons. The molecule has 3 aromatic heterocycles. The average molecular weight is 613 g/mol. The third kappa shape index (κ3) is 4.04. The predicted octanol–water partition coefficient (Wildman–Crippen LogP) is 12.2. The first kappa shape index (κ1) is 26.7. The van der Waals surface area contributed by atoms with E-state index < -0.39 is 0 Å². The van der Waals surface area contributed by atoms with Crippen LogP contribution in [-0.4, -0.2) is 9.55 Å². The Hall–Kier alpha value is -6.45. The minimum Gasteiger partial charge on any atom is -0.455 e. The fraction of sp³-hybridized carbons (Fsp3) is 0. The van der Waals surface area contributed by atoms with Gasteiger partial charge in [-0.05, 0) is 70.8 Å². The molecular formula is C45H28N2O. The van der Waals surface area contributed by atoms with Crippen molar-refractivity contribution in [1.82, 2.24) is 9.55 Å². The van der Waals surface area contributed by atoms with E-state index in [2.05, 4.69) is 174 Å². The highest BCUT2D eigenvalue weighted by atomic mass is 16.3. The summed E-state index contributed by atoms with van der Waals surface area (Å²) in [4.78, 5) is 5.18. The van der Waals surface area contributed by atoms with Crippen LogP contribution in [0, 0.1) is 0 Å². The molecule has 0 aliphatic heterocycles. The number of hydrogen-bond acceptors (Lipinski definition) is 2. The van der Waals surface area contributed by atoms with Crippen molar-refractivity contribution in [1.29, 1.82) is 0 Å². The van der Waals surface area contributed by atoms with E-state index in [0.29, 0.717) is 0 Å². The van der Waals surface area contributed by atoms with Gasteiger partial charge in [-0.15, -0.1) is 0 Å². The van der Waals surface area contributed by atoms with Gasteiger partial charge in [0.05, 0.1) is 27.6 Å². The summed E-state index contributed by atoms with van der Waals surface area (Å²) in [5, 5.41) is 5.60. The van der Waals surface area contributed by atoms with E-state index in [-0.39, 0.29) is 0 Å². The fourth-order valence-electron chi connectivity index (χ4n) is 7.39. The number of benzene rings is 7. The smallest absolute Gasteiger partial charge is 0.145 e. The van der Waals surface area contributed by atoms with E-state index in [0.717, 1.165) is 77.2 Å². The van der Waals surface area contributed by atoms with Crippen molar-refractivity contribution in [2.24, 2.45) is 0 Å². The topological polar surface area (TPSA) is 31.0 Å². The van der Waals surface area contributed by atoms with Crippen LogP contribution in [0.25, 0.3) is 93.8 Å². The van der Waals surface area contributed by atoms with Gasteiger partial charge in [0.15, 0.2) is 0 Å². The van der Waals surface area contributed by atoms with Crippen LogP contribution in [0.3, 0.4) is 0 Å². The van der Waals surface area contributed by atoms with Crippen molar-refractivity contribution < 1.29 is 4.42 Å². The molecule has 48 heavy (non-hydrogen) atoms. The maximum absolute atomic E-state index is 7.03. The second-order valence-electron chi connectivity index (χ2n) is 12.3. The Morgan fingerprint density at radius 2 is 1.08 bits per heavy atom. The lowest BCUT2D eigenvalue weighted by molar-refractivity contribution is 0.674. The summed E-state index contributed by atoms with van der Waals surface area (Å²) in [7, 11) is 0. The van der Waals surface area contributed by atoms with Crippen molar-refractivity contribution in [3.8, 4) is 39.2 Å². The van der Waals surface area contributed by atoms with Gasteiger partial charge in [-0.2, -0.15) is 0 Å². The average Bonchev–Trinajstić information content (AvgIpc) is 3.71. The molecule has 0 saturated heterocycles. The Balaban J connectivity index is 1.27. The lowest BCUT2D eigenvalue weighted by atomic mass is 9.97. The Labute approximate surface area is 277 Å². The molecule has 3 heteroatoms. The van der Waals surface area contributed by atoms with Gasteiger partial charge in [0.1, 0.15) is 11.2 Å². The van der Waals surface area contributed by atoms with E-state index in [4.69, 9.17) is 9.40 Å². The molecule has 10 aromatic rings. The summed E-state index contributed by atoms with van der Waals surface area (Å²) in [6.07, 6.45) is 0. The van der Waals surface area contributed by atoms with Gasteiger partial charge in [-0.25, -0.2) is 4.98 Å². The minimum atomic E-state index is 0.850. The Bertz CT molecular complexity index is 2810. The van der Waals surface area contributed by atoms with Crippen molar-refractivity contribution in [3.05, 3.63) is 170 Å². The summed E-state index contributed by atoms with van der Waals surface area (Å²) in [5.74, 6) is 0. The van der Waals surface area contributed by atoms with Gasteiger partial charge in [0, 0.05) is 32.8 Å². The predicted molar refractivity (Wildman–Crippen MR) is 200 cm³/mol. The Kier molecular flexibility index (Phi) is 5.87. The lowest BCUT2D eigenvalue weighted by Crippen LogP contribution is -1.93. The number of rotatable bonds is 4. The van der Waals surface area contributed by atoms with Crippen LogP contribution in [-0.2, 0) is 0 Å². The molecule has 0 bridgehead atoms. The number of hydrogen-bond donors (Lipinski definition) is 0. The molecular weight excluding hydrogens is 585 g/mol. The van der Waals surface area contributed by atoms with Crippen LogP contribution in [0.4, 0.5) is 0 Å². The molecule has 0 aliphatic carbocycles. The number of fused-ring (bicyclic) bond motifs is 8.